The highest BCUT2D eigenvalue weighted by Gasteiger charge is 2.13. The van der Waals surface area contributed by atoms with Gasteiger partial charge in [-0.3, -0.25) is 0 Å². The third kappa shape index (κ3) is 3.19. The van der Waals surface area contributed by atoms with Crippen LogP contribution in [0, 0.1) is 0 Å². The Morgan fingerprint density at radius 2 is 1.62 bits per heavy atom. The van der Waals surface area contributed by atoms with Crippen LogP contribution in [0.2, 0.25) is 0 Å². The Morgan fingerprint density at radius 3 is 2.33 bits per heavy atom. The zero-order valence-electron chi connectivity index (χ0n) is 12.3. The molecule has 3 rings (SSSR count). The van der Waals surface area contributed by atoms with Crippen molar-refractivity contribution in [3.05, 3.63) is 59.2 Å². The molecule has 0 spiro atoms. The lowest BCUT2D eigenvalue weighted by atomic mass is 9.98. The van der Waals surface area contributed by atoms with Gasteiger partial charge >= 0.3 is 0 Å². The first-order chi connectivity index (χ1) is 10.3. The van der Waals surface area contributed by atoms with Gasteiger partial charge in [-0.2, -0.15) is 0 Å². The van der Waals surface area contributed by atoms with Crippen LogP contribution in [-0.2, 0) is 12.8 Å². The summed E-state index contributed by atoms with van der Waals surface area (Å²) in [7, 11) is 0. The molecule has 110 valence electrons. The Labute approximate surface area is 125 Å². The van der Waals surface area contributed by atoms with E-state index in [0.29, 0.717) is 13.2 Å². The molecule has 0 aliphatic carbocycles. The van der Waals surface area contributed by atoms with Crippen molar-refractivity contribution in [3.63, 3.8) is 0 Å². The van der Waals surface area contributed by atoms with Gasteiger partial charge in [-0.05, 0) is 41.7 Å². The van der Waals surface area contributed by atoms with Crippen molar-refractivity contribution in [1.29, 1.82) is 0 Å². The molecule has 1 aliphatic heterocycles. The summed E-state index contributed by atoms with van der Waals surface area (Å²) in [6.45, 7) is 3.39. The topological polar surface area (TPSA) is 44.5 Å². The maximum atomic E-state index is 6.32. The summed E-state index contributed by atoms with van der Waals surface area (Å²) in [5.41, 5.74) is 10.0. The maximum Gasteiger partial charge on any atom is 0.161 e. The van der Waals surface area contributed by atoms with Gasteiger partial charge in [0.15, 0.2) is 11.5 Å². The van der Waals surface area contributed by atoms with Gasteiger partial charge in [-0.25, -0.2) is 0 Å². The van der Waals surface area contributed by atoms with E-state index in [0.717, 1.165) is 24.3 Å². The van der Waals surface area contributed by atoms with Gasteiger partial charge in [0.25, 0.3) is 0 Å². The molecule has 2 aromatic rings. The van der Waals surface area contributed by atoms with Crippen LogP contribution in [0.5, 0.6) is 11.5 Å². The molecule has 0 aromatic heterocycles. The molecule has 21 heavy (non-hydrogen) atoms. The predicted octanol–water partition coefficient (Wildman–Crippen LogP) is 3.26. The summed E-state index contributed by atoms with van der Waals surface area (Å²) >= 11 is 0. The van der Waals surface area contributed by atoms with Crippen LogP contribution < -0.4 is 15.2 Å². The second-order valence-corrected chi connectivity index (χ2v) is 5.38. The molecule has 1 atom stereocenters. The number of rotatable bonds is 4. The molecule has 0 amide bonds. The zero-order chi connectivity index (χ0) is 14.7. The third-order valence-corrected chi connectivity index (χ3v) is 3.88. The number of nitrogens with two attached hydrogens (primary N) is 1. The number of aryl methyl sites for hydroxylation is 1. The molecule has 0 saturated heterocycles. The van der Waals surface area contributed by atoms with Crippen LogP contribution in [0.25, 0.3) is 0 Å². The Morgan fingerprint density at radius 1 is 0.952 bits per heavy atom. The number of ether oxygens (including phenoxy) is 2. The van der Waals surface area contributed by atoms with E-state index in [1.165, 1.54) is 16.7 Å². The van der Waals surface area contributed by atoms with Crippen molar-refractivity contribution in [2.24, 2.45) is 5.73 Å². The van der Waals surface area contributed by atoms with Crippen molar-refractivity contribution >= 4 is 0 Å². The molecule has 2 aromatic carbocycles. The number of hydrogen-bond acceptors (Lipinski definition) is 3. The summed E-state index contributed by atoms with van der Waals surface area (Å²) in [5.74, 6) is 1.65. The monoisotopic (exact) mass is 283 g/mol. The van der Waals surface area contributed by atoms with E-state index in [1.807, 2.05) is 12.1 Å². The highest BCUT2D eigenvalue weighted by molar-refractivity contribution is 5.44. The van der Waals surface area contributed by atoms with E-state index in [9.17, 15) is 0 Å². The van der Waals surface area contributed by atoms with Gasteiger partial charge in [0.1, 0.15) is 13.2 Å². The lowest BCUT2D eigenvalue weighted by Crippen LogP contribution is -2.16. The lowest BCUT2D eigenvalue weighted by Gasteiger charge is -2.20. The van der Waals surface area contributed by atoms with Crippen molar-refractivity contribution in [1.82, 2.24) is 0 Å². The molecule has 1 unspecified atom stereocenters. The van der Waals surface area contributed by atoms with Crippen LogP contribution in [0.15, 0.2) is 42.5 Å². The molecule has 1 heterocycles. The first-order valence-electron chi connectivity index (χ1n) is 7.49. The van der Waals surface area contributed by atoms with Gasteiger partial charge in [0, 0.05) is 6.04 Å². The van der Waals surface area contributed by atoms with E-state index >= 15 is 0 Å². The fraction of sp³-hybridized carbons (Fsp3) is 0.333. The Bertz CT molecular complexity index is 607. The molecule has 0 fully saturated rings. The number of hydrogen-bond donors (Lipinski definition) is 1. The Balaban J connectivity index is 1.72. The van der Waals surface area contributed by atoms with E-state index < -0.39 is 0 Å². The molecule has 0 radical (unpaired) electrons. The van der Waals surface area contributed by atoms with Crippen molar-refractivity contribution < 1.29 is 9.47 Å². The van der Waals surface area contributed by atoms with Crippen molar-refractivity contribution in [2.45, 2.75) is 25.8 Å². The highest BCUT2D eigenvalue weighted by atomic mass is 16.6. The minimum atomic E-state index is -0.00142. The molecule has 1 aliphatic rings. The minimum absolute atomic E-state index is 0.00142. The standard InChI is InChI=1S/C18H21NO2/c1-2-13-3-6-15(7-4-13)16(19)11-14-5-8-17-18(12-14)21-10-9-20-17/h3-8,12,16H,2,9-11,19H2,1H3. The quantitative estimate of drug-likeness (QED) is 0.936. The van der Waals surface area contributed by atoms with Gasteiger partial charge in [-0.15, -0.1) is 0 Å². The fourth-order valence-electron chi connectivity index (χ4n) is 2.59. The van der Waals surface area contributed by atoms with E-state index in [2.05, 4.69) is 37.3 Å². The Kier molecular flexibility index (Phi) is 4.11. The normalized spacial score (nSPS) is 14.8. The summed E-state index contributed by atoms with van der Waals surface area (Å²) in [4.78, 5) is 0. The second-order valence-electron chi connectivity index (χ2n) is 5.38. The second kappa shape index (κ2) is 6.19. The van der Waals surface area contributed by atoms with Gasteiger partial charge < -0.3 is 15.2 Å². The summed E-state index contributed by atoms with van der Waals surface area (Å²) < 4.78 is 11.2. The molecule has 2 N–H and O–H groups in total. The van der Waals surface area contributed by atoms with E-state index in [4.69, 9.17) is 15.2 Å². The van der Waals surface area contributed by atoms with E-state index in [1.54, 1.807) is 0 Å². The van der Waals surface area contributed by atoms with E-state index in [-0.39, 0.29) is 6.04 Å². The summed E-state index contributed by atoms with van der Waals surface area (Å²) in [5, 5.41) is 0. The molecular weight excluding hydrogens is 262 g/mol. The van der Waals surface area contributed by atoms with Crippen LogP contribution in [0.3, 0.4) is 0 Å². The largest absolute Gasteiger partial charge is 0.486 e. The maximum absolute atomic E-state index is 6.32. The summed E-state index contributed by atoms with van der Waals surface area (Å²) in [6.07, 6.45) is 1.85. The summed E-state index contributed by atoms with van der Waals surface area (Å²) in [6, 6.07) is 14.6. The predicted molar refractivity (Wildman–Crippen MR) is 83.9 cm³/mol. The van der Waals surface area contributed by atoms with Crippen LogP contribution in [0.1, 0.15) is 29.7 Å². The minimum Gasteiger partial charge on any atom is -0.486 e. The third-order valence-electron chi connectivity index (χ3n) is 3.88. The molecule has 0 bridgehead atoms. The smallest absolute Gasteiger partial charge is 0.161 e. The lowest BCUT2D eigenvalue weighted by molar-refractivity contribution is 0.171. The molecule has 0 saturated carbocycles. The fourth-order valence-corrected chi connectivity index (χ4v) is 2.59. The molecule has 3 nitrogen and oxygen atoms in total. The van der Waals surface area contributed by atoms with Crippen LogP contribution in [0.4, 0.5) is 0 Å². The van der Waals surface area contributed by atoms with Crippen molar-refractivity contribution in [3.8, 4) is 11.5 Å². The highest BCUT2D eigenvalue weighted by Crippen LogP contribution is 2.31. The SMILES string of the molecule is CCc1ccc(C(N)Cc2ccc3c(c2)OCCO3)cc1. The Hall–Kier alpha value is -2.00. The number of benzene rings is 2. The van der Waals surface area contributed by atoms with Gasteiger partial charge in [0.2, 0.25) is 0 Å². The van der Waals surface area contributed by atoms with Crippen molar-refractivity contribution in [2.75, 3.05) is 13.2 Å². The number of fused-ring (bicyclic) bond motifs is 1. The first-order valence-corrected chi connectivity index (χ1v) is 7.49. The molecular formula is C18H21NO2. The van der Waals surface area contributed by atoms with Crippen LogP contribution >= 0.6 is 0 Å². The van der Waals surface area contributed by atoms with Crippen LogP contribution in [-0.4, -0.2) is 13.2 Å². The zero-order valence-corrected chi connectivity index (χ0v) is 12.3. The average molecular weight is 283 g/mol. The molecule has 3 heteroatoms. The first kappa shape index (κ1) is 14.0. The average Bonchev–Trinajstić information content (AvgIpc) is 2.55. The van der Waals surface area contributed by atoms with Gasteiger partial charge in [-0.1, -0.05) is 37.3 Å². The van der Waals surface area contributed by atoms with Gasteiger partial charge in [0.05, 0.1) is 0 Å².